The largest absolute Gasteiger partial charge is 0.249 e. The average Bonchev–Trinajstić information content (AvgIpc) is 1.84. The van der Waals surface area contributed by atoms with Crippen LogP contribution in [0, 0.1) is 25.7 Å². The second-order valence-corrected chi connectivity index (χ2v) is 1.98. The Morgan fingerprint density at radius 1 is 0.900 bits per heavy atom. The highest BCUT2D eigenvalue weighted by Crippen LogP contribution is 2.03. The van der Waals surface area contributed by atoms with Crippen LogP contribution >= 0.6 is 0 Å². The first-order valence-corrected chi connectivity index (χ1v) is 2.77. The van der Waals surface area contributed by atoms with Gasteiger partial charge in [0, 0.05) is 0 Å². The fourth-order valence-corrected chi connectivity index (χ4v) is 0.592. The fourth-order valence-electron chi connectivity index (χ4n) is 0.592. The Balaban J connectivity index is 3.28. The fraction of sp³-hybridized carbons (Fsp3) is 0.333. The molecule has 0 N–H and O–H groups in total. The van der Waals surface area contributed by atoms with Gasteiger partial charge < -0.3 is 0 Å². The quantitative estimate of drug-likeness (QED) is 0.549. The first kappa shape index (κ1) is 7.05. The van der Waals surface area contributed by atoms with Crippen LogP contribution in [0.3, 0.4) is 0 Å². The number of rotatable bonds is 0. The van der Waals surface area contributed by atoms with Crippen molar-refractivity contribution >= 4 is 0 Å². The summed E-state index contributed by atoms with van der Waals surface area (Å²) in [6, 6.07) is 0. The smallest absolute Gasteiger partial charge is 0.236 e. The summed E-state index contributed by atoms with van der Waals surface area (Å²) >= 11 is 0. The van der Waals surface area contributed by atoms with Crippen LogP contribution < -0.4 is 0 Å². The molecule has 1 aromatic rings. The zero-order valence-corrected chi connectivity index (χ0v) is 5.65. The topological polar surface area (TPSA) is 25.8 Å². The van der Waals surface area contributed by atoms with Crippen LogP contribution in [0.25, 0.3) is 0 Å². The molecule has 2 nitrogen and oxygen atoms in total. The van der Waals surface area contributed by atoms with E-state index in [1.165, 1.54) is 13.8 Å². The number of hydrogen-bond acceptors (Lipinski definition) is 2. The van der Waals surface area contributed by atoms with Gasteiger partial charge in [-0.25, -0.2) is 4.98 Å². The van der Waals surface area contributed by atoms with Gasteiger partial charge >= 0.3 is 0 Å². The zero-order valence-electron chi connectivity index (χ0n) is 5.65. The number of aromatic nitrogens is 2. The minimum absolute atomic E-state index is 0.124. The Morgan fingerprint density at radius 3 is 1.60 bits per heavy atom. The van der Waals surface area contributed by atoms with Crippen molar-refractivity contribution in [2.24, 2.45) is 0 Å². The second kappa shape index (κ2) is 2.28. The van der Waals surface area contributed by atoms with Gasteiger partial charge in [0.25, 0.3) is 0 Å². The predicted octanol–water partition coefficient (Wildman–Crippen LogP) is 1.37. The molecule has 0 spiro atoms. The molecule has 1 rings (SSSR count). The lowest BCUT2D eigenvalue weighted by atomic mass is 10.4. The molecule has 0 saturated carbocycles. The second-order valence-electron chi connectivity index (χ2n) is 1.98. The third kappa shape index (κ3) is 1.10. The number of aryl methyl sites for hydroxylation is 2. The first-order valence-electron chi connectivity index (χ1n) is 2.77. The van der Waals surface area contributed by atoms with Crippen LogP contribution in [0.1, 0.15) is 11.4 Å². The number of nitrogens with zero attached hydrogens (tertiary/aromatic N) is 2. The Morgan fingerprint density at radius 2 is 1.30 bits per heavy atom. The highest BCUT2D eigenvalue weighted by Gasteiger charge is 2.05. The maximum Gasteiger partial charge on any atom is 0.236 e. The summed E-state index contributed by atoms with van der Waals surface area (Å²) in [6.07, 6.45) is 0. The summed E-state index contributed by atoms with van der Waals surface area (Å²) in [6.45, 7) is 2.88. The zero-order chi connectivity index (χ0) is 7.72. The van der Waals surface area contributed by atoms with Crippen LogP contribution in [0.4, 0.5) is 8.78 Å². The van der Waals surface area contributed by atoms with E-state index in [0.717, 1.165) is 0 Å². The van der Waals surface area contributed by atoms with E-state index >= 15 is 0 Å². The summed E-state index contributed by atoms with van der Waals surface area (Å²) in [5.74, 6) is -1.69. The molecule has 0 aliphatic rings. The van der Waals surface area contributed by atoms with Gasteiger partial charge in [0.2, 0.25) is 11.9 Å². The summed E-state index contributed by atoms with van der Waals surface area (Å²) in [5, 5.41) is 0. The molecular formula is C6H6F2N2. The molecule has 0 aliphatic heterocycles. The lowest BCUT2D eigenvalue weighted by Gasteiger charge is -1.96. The molecule has 0 aromatic carbocycles. The van der Waals surface area contributed by atoms with Crippen molar-refractivity contribution in [2.45, 2.75) is 13.8 Å². The Hall–Kier alpha value is -1.06. The SMILES string of the molecule is Cc1nc(C)c(F)nc1F. The van der Waals surface area contributed by atoms with Gasteiger partial charge in [0.15, 0.2) is 0 Å². The molecule has 0 amide bonds. The molecule has 0 fully saturated rings. The van der Waals surface area contributed by atoms with E-state index in [-0.39, 0.29) is 11.4 Å². The standard InChI is InChI=1S/C6H6F2N2/c1-3-5(7)10-6(8)4(2)9-3/h1-2H3. The van der Waals surface area contributed by atoms with E-state index in [2.05, 4.69) is 9.97 Å². The molecule has 0 atom stereocenters. The van der Waals surface area contributed by atoms with E-state index < -0.39 is 11.9 Å². The minimum Gasteiger partial charge on any atom is -0.249 e. The minimum atomic E-state index is -0.844. The third-order valence-electron chi connectivity index (χ3n) is 1.13. The van der Waals surface area contributed by atoms with Crippen LogP contribution in [0.2, 0.25) is 0 Å². The number of hydrogen-bond donors (Lipinski definition) is 0. The Kier molecular flexibility index (Phi) is 1.61. The average molecular weight is 144 g/mol. The normalized spacial score (nSPS) is 10.0. The van der Waals surface area contributed by atoms with Gasteiger partial charge in [0.05, 0.1) is 11.4 Å². The molecule has 10 heavy (non-hydrogen) atoms. The predicted molar refractivity (Wildman–Crippen MR) is 31.4 cm³/mol. The Labute approximate surface area is 56.9 Å². The monoisotopic (exact) mass is 144 g/mol. The van der Waals surface area contributed by atoms with Crippen LogP contribution in [0.15, 0.2) is 0 Å². The van der Waals surface area contributed by atoms with Gasteiger partial charge in [-0.3, -0.25) is 0 Å². The summed E-state index contributed by atoms with van der Waals surface area (Å²) in [7, 11) is 0. The highest BCUT2D eigenvalue weighted by molar-refractivity contribution is 5.02. The Bertz CT molecular complexity index is 210. The van der Waals surface area contributed by atoms with Crippen molar-refractivity contribution in [3.05, 3.63) is 23.3 Å². The van der Waals surface area contributed by atoms with Gasteiger partial charge in [-0.2, -0.15) is 13.8 Å². The first-order chi connectivity index (χ1) is 4.61. The summed E-state index contributed by atoms with van der Waals surface area (Å²) in [4.78, 5) is 6.54. The molecule has 0 radical (unpaired) electrons. The van der Waals surface area contributed by atoms with E-state index in [9.17, 15) is 8.78 Å². The van der Waals surface area contributed by atoms with Gasteiger partial charge in [-0.05, 0) is 13.8 Å². The van der Waals surface area contributed by atoms with Crippen LogP contribution in [-0.2, 0) is 0 Å². The van der Waals surface area contributed by atoms with Gasteiger partial charge in [-0.1, -0.05) is 0 Å². The molecule has 0 aliphatic carbocycles. The van der Waals surface area contributed by atoms with Crippen LogP contribution in [0.5, 0.6) is 0 Å². The third-order valence-corrected chi connectivity index (χ3v) is 1.13. The van der Waals surface area contributed by atoms with Crippen molar-refractivity contribution in [1.29, 1.82) is 0 Å². The molecule has 0 unspecified atom stereocenters. The number of halogens is 2. The van der Waals surface area contributed by atoms with E-state index in [4.69, 9.17) is 0 Å². The summed E-state index contributed by atoms with van der Waals surface area (Å²) in [5.41, 5.74) is 0.248. The summed E-state index contributed by atoms with van der Waals surface area (Å²) < 4.78 is 24.7. The van der Waals surface area contributed by atoms with Crippen molar-refractivity contribution in [3.63, 3.8) is 0 Å². The molecule has 0 saturated heterocycles. The maximum atomic E-state index is 12.3. The highest BCUT2D eigenvalue weighted by atomic mass is 19.1. The van der Waals surface area contributed by atoms with Gasteiger partial charge in [-0.15, -0.1) is 0 Å². The van der Waals surface area contributed by atoms with Crippen molar-refractivity contribution < 1.29 is 8.78 Å². The van der Waals surface area contributed by atoms with Crippen molar-refractivity contribution in [2.75, 3.05) is 0 Å². The molecule has 54 valence electrons. The lowest BCUT2D eigenvalue weighted by Crippen LogP contribution is -1.99. The van der Waals surface area contributed by atoms with Crippen LogP contribution in [-0.4, -0.2) is 9.97 Å². The maximum absolute atomic E-state index is 12.3. The molecule has 1 aromatic heterocycles. The van der Waals surface area contributed by atoms with E-state index in [1.807, 2.05) is 0 Å². The van der Waals surface area contributed by atoms with E-state index in [0.29, 0.717) is 0 Å². The molecular weight excluding hydrogens is 138 g/mol. The molecule has 4 heteroatoms. The van der Waals surface area contributed by atoms with E-state index in [1.54, 1.807) is 0 Å². The molecule has 1 heterocycles. The van der Waals surface area contributed by atoms with Gasteiger partial charge in [0.1, 0.15) is 0 Å². The van der Waals surface area contributed by atoms with Crippen molar-refractivity contribution in [1.82, 2.24) is 9.97 Å². The van der Waals surface area contributed by atoms with Crippen molar-refractivity contribution in [3.8, 4) is 0 Å². The molecule has 0 bridgehead atoms. The lowest BCUT2D eigenvalue weighted by molar-refractivity contribution is 0.488.